The summed E-state index contributed by atoms with van der Waals surface area (Å²) in [6.45, 7) is 4.21. The van der Waals surface area contributed by atoms with Crippen LogP contribution in [0.4, 0.5) is 0 Å². The van der Waals surface area contributed by atoms with E-state index in [1.807, 2.05) is 24.3 Å². The van der Waals surface area contributed by atoms with Gasteiger partial charge in [0.15, 0.2) is 5.78 Å². The molecule has 114 valence electrons. The fourth-order valence-electron chi connectivity index (χ4n) is 2.83. The van der Waals surface area contributed by atoms with Crippen molar-refractivity contribution in [2.24, 2.45) is 0 Å². The van der Waals surface area contributed by atoms with E-state index in [4.69, 9.17) is 11.6 Å². The minimum Gasteiger partial charge on any atom is -0.289 e. The van der Waals surface area contributed by atoms with Gasteiger partial charge in [-0.3, -0.25) is 4.79 Å². The van der Waals surface area contributed by atoms with Crippen LogP contribution >= 0.6 is 35.1 Å². The molecule has 0 radical (unpaired) electrons. The molecule has 2 aromatic carbocycles. The number of hydrogen-bond acceptors (Lipinski definition) is 3. The molecule has 0 spiro atoms. The van der Waals surface area contributed by atoms with Crippen LogP contribution in [0.1, 0.15) is 40.9 Å². The lowest BCUT2D eigenvalue weighted by Gasteiger charge is -2.23. The first-order valence-electron chi connectivity index (χ1n) is 7.40. The number of carbonyl (C=O) groups is 1. The molecule has 0 atom stereocenters. The lowest BCUT2D eigenvalue weighted by Crippen LogP contribution is -2.16. The molecule has 0 N–H and O–H groups in total. The first kappa shape index (κ1) is 16.0. The van der Waals surface area contributed by atoms with E-state index in [0.29, 0.717) is 0 Å². The molecule has 4 heteroatoms. The number of benzene rings is 2. The van der Waals surface area contributed by atoms with Crippen molar-refractivity contribution in [3.63, 3.8) is 0 Å². The predicted molar refractivity (Wildman–Crippen MR) is 96.9 cm³/mol. The van der Waals surface area contributed by atoms with Gasteiger partial charge in [-0.1, -0.05) is 49.7 Å². The van der Waals surface area contributed by atoms with Crippen LogP contribution in [-0.2, 0) is 6.42 Å². The van der Waals surface area contributed by atoms with Gasteiger partial charge in [0.25, 0.3) is 0 Å². The Balaban J connectivity index is 2.21. The topological polar surface area (TPSA) is 17.1 Å². The van der Waals surface area contributed by atoms with Crippen LogP contribution in [0.3, 0.4) is 0 Å². The molecule has 0 saturated carbocycles. The molecule has 1 nitrogen and oxygen atoms in total. The normalized spacial score (nSPS) is 13.0. The summed E-state index contributed by atoms with van der Waals surface area (Å²) in [5.41, 5.74) is 3.86. The zero-order chi connectivity index (χ0) is 15.7. The summed E-state index contributed by atoms with van der Waals surface area (Å²) in [5.74, 6) is 1.99. The van der Waals surface area contributed by atoms with E-state index in [0.717, 1.165) is 55.0 Å². The number of thioether (sulfide) groups is 2. The highest BCUT2D eigenvalue weighted by atomic mass is 35.5. The second kappa shape index (κ2) is 6.69. The van der Waals surface area contributed by atoms with Crippen LogP contribution in [0.25, 0.3) is 0 Å². The maximum absolute atomic E-state index is 12.9. The highest BCUT2D eigenvalue weighted by Gasteiger charge is 2.28. The van der Waals surface area contributed by atoms with Gasteiger partial charge in [0, 0.05) is 20.9 Å². The van der Waals surface area contributed by atoms with Crippen molar-refractivity contribution in [3.8, 4) is 0 Å². The molecule has 0 fully saturated rings. The van der Waals surface area contributed by atoms with Crippen molar-refractivity contribution in [1.82, 2.24) is 0 Å². The summed E-state index contributed by atoms with van der Waals surface area (Å²) < 4.78 is 0. The van der Waals surface area contributed by atoms with E-state index in [-0.39, 0.29) is 5.78 Å². The second-order valence-electron chi connectivity index (χ2n) is 5.08. The molecule has 1 aliphatic rings. The van der Waals surface area contributed by atoms with Gasteiger partial charge < -0.3 is 0 Å². The molecule has 1 aliphatic carbocycles. The molecular weight excluding hydrogens is 332 g/mol. The number of carbonyl (C=O) groups excluding carboxylic acids is 1. The van der Waals surface area contributed by atoms with E-state index in [1.54, 1.807) is 23.5 Å². The third-order valence-corrected chi connectivity index (χ3v) is 6.25. The monoisotopic (exact) mass is 348 g/mol. The van der Waals surface area contributed by atoms with Gasteiger partial charge in [0.05, 0.1) is 5.02 Å². The molecule has 3 rings (SSSR count). The average Bonchev–Trinajstić information content (AvgIpc) is 2.52. The van der Waals surface area contributed by atoms with Crippen molar-refractivity contribution in [3.05, 3.63) is 57.6 Å². The fourth-order valence-corrected chi connectivity index (χ4v) is 5.03. The summed E-state index contributed by atoms with van der Waals surface area (Å²) >= 11 is 10.0. The first-order chi connectivity index (χ1) is 10.7. The van der Waals surface area contributed by atoms with Crippen molar-refractivity contribution in [2.75, 3.05) is 11.5 Å². The first-order valence-corrected chi connectivity index (χ1v) is 9.75. The SMILES string of the molecule is CCSc1cc2c(c(SCC)c1Cl)C(=O)c1ccccc1C2. The van der Waals surface area contributed by atoms with Crippen LogP contribution in [-0.4, -0.2) is 17.3 Å². The second-order valence-corrected chi connectivity index (χ2v) is 8.04. The van der Waals surface area contributed by atoms with E-state index in [9.17, 15) is 4.79 Å². The Morgan fingerprint density at radius 1 is 1.09 bits per heavy atom. The fraction of sp³-hybridized carbons (Fsp3) is 0.278. The number of rotatable bonds is 4. The molecule has 0 aromatic heterocycles. The number of fused-ring (bicyclic) bond motifs is 2. The third-order valence-electron chi connectivity index (χ3n) is 3.73. The molecule has 0 unspecified atom stereocenters. The lowest BCUT2D eigenvalue weighted by molar-refractivity contribution is 0.103. The van der Waals surface area contributed by atoms with Gasteiger partial charge in [0.2, 0.25) is 0 Å². The maximum atomic E-state index is 12.9. The average molecular weight is 349 g/mol. The van der Waals surface area contributed by atoms with Gasteiger partial charge in [-0.2, -0.15) is 0 Å². The largest absolute Gasteiger partial charge is 0.289 e. The van der Waals surface area contributed by atoms with Gasteiger partial charge >= 0.3 is 0 Å². The molecule has 0 amide bonds. The molecule has 0 saturated heterocycles. The Labute approximate surface area is 144 Å². The van der Waals surface area contributed by atoms with Crippen LogP contribution < -0.4 is 0 Å². The van der Waals surface area contributed by atoms with E-state index < -0.39 is 0 Å². The highest BCUT2D eigenvalue weighted by Crippen LogP contribution is 2.43. The summed E-state index contributed by atoms with van der Waals surface area (Å²) in [7, 11) is 0. The van der Waals surface area contributed by atoms with Crippen molar-refractivity contribution >= 4 is 40.9 Å². The maximum Gasteiger partial charge on any atom is 0.194 e. The molecular formula is C18H17ClOS2. The van der Waals surface area contributed by atoms with Crippen molar-refractivity contribution < 1.29 is 4.79 Å². The van der Waals surface area contributed by atoms with Crippen LogP contribution in [0, 0.1) is 0 Å². The number of hydrogen-bond donors (Lipinski definition) is 0. The molecule has 0 aliphatic heterocycles. The van der Waals surface area contributed by atoms with Crippen molar-refractivity contribution in [1.29, 1.82) is 0 Å². The van der Waals surface area contributed by atoms with Crippen molar-refractivity contribution in [2.45, 2.75) is 30.1 Å². The zero-order valence-electron chi connectivity index (χ0n) is 12.6. The Morgan fingerprint density at radius 3 is 2.55 bits per heavy atom. The van der Waals surface area contributed by atoms with Gasteiger partial charge in [0.1, 0.15) is 0 Å². The van der Waals surface area contributed by atoms with E-state index in [2.05, 4.69) is 19.9 Å². The smallest absolute Gasteiger partial charge is 0.194 e. The number of halogens is 1. The predicted octanol–water partition coefficient (Wildman–Crippen LogP) is 5.70. The Hall–Kier alpha value is -0.900. The summed E-state index contributed by atoms with van der Waals surface area (Å²) in [6.07, 6.45) is 0.808. The summed E-state index contributed by atoms with van der Waals surface area (Å²) in [5, 5.41) is 0.741. The molecule has 22 heavy (non-hydrogen) atoms. The van der Waals surface area contributed by atoms with Gasteiger partial charge in [-0.05, 0) is 35.1 Å². The lowest BCUT2D eigenvalue weighted by atomic mass is 9.85. The number of ketones is 1. The summed E-state index contributed by atoms with van der Waals surface area (Å²) in [4.78, 5) is 15.0. The van der Waals surface area contributed by atoms with Crippen LogP contribution in [0.15, 0.2) is 40.1 Å². The highest BCUT2D eigenvalue weighted by molar-refractivity contribution is 8.00. The standard InChI is InChI=1S/C18H17ClOS2/c1-3-21-14-10-12-9-11-7-5-6-8-13(11)17(20)15(12)18(16(14)19)22-4-2/h5-8,10H,3-4,9H2,1-2H3. The quantitative estimate of drug-likeness (QED) is 0.563. The minimum absolute atomic E-state index is 0.114. The van der Waals surface area contributed by atoms with Gasteiger partial charge in [-0.15, -0.1) is 23.5 Å². The molecule has 0 bridgehead atoms. The Morgan fingerprint density at radius 2 is 1.82 bits per heavy atom. The van der Waals surface area contributed by atoms with Crippen LogP contribution in [0.5, 0.6) is 0 Å². The summed E-state index contributed by atoms with van der Waals surface area (Å²) in [6, 6.07) is 10.0. The molecule has 0 heterocycles. The third kappa shape index (κ3) is 2.70. The van der Waals surface area contributed by atoms with Gasteiger partial charge in [-0.25, -0.2) is 0 Å². The van der Waals surface area contributed by atoms with E-state index in [1.165, 1.54) is 0 Å². The van der Waals surface area contributed by atoms with Crippen LogP contribution in [0.2, 0.25) is 5.02 Å². The zero-order valence-corrected chi connectivity index (χ0v) is 15.0. The van der Waals surface area contributed by atoms with E-state index >= 15 is 0 Å². The Kier molecular flexibility index (Phi) is 4.86. The molecule has 2 aromatic rings. The minimum atomic E-state index is 0.114. The Bertz CT molecular complexity index is 740.